The number of nitrogens with one attached hydrogen (secondary N) is 1. The Balaban J connectivity index is 1.60. The molecule has 0 saturated heterocycles. The number of benzene rings is 1. The Morgan fingerprint density at radius 3 is 2.91 bits per heavy atom. The zero-order valence-electron chi connectivity index (χ0n) is 12.0. The van der Waals surface area contributed by atoms with E-state index in [-0.39, 0.29) is 5.56 Å². The maximum Gasteiger partial charge on any atom is 0.273 e. The van der Waals surface area contributed by atoms with Gasteiger partial charge in [-0.1, -0.05) is 46.6 Å². The molecule has 1 N–H and O–H groups in total. The van der Waals surface area contributed by atoms with Crippen molar-refractivity contribution in [2.45, 2.75) is 17.0 Å². The smallest absolute Gasteiger partial charge is 0.273 e. The second-order valence-corrected chi connectivity index (χ2v) is 8.21. The highest BCUT2D eigenvalue weighted by Gasteiger charge is 2.11. The van der Waals surface area contributed by atoms with Gasteiger partial charge in [0.25, 0.3) is 5.56 Å². The summed E-state index contributed by atoms with van der Waals surface area (Å²) in [5, 5.41) is 12.8. The molecule has 0 amide bonds. The number of para-hydroxylation sites is 1. The number of hydrogen-bond donors (Lipinski definition) is 1. The van der Waals surface area contributed by atoms with Crippen LogP contribution >= 0.6 is 34.4 Å². The van der Waals surface area contributed by atoms with Crippen molar-refractivity contribution in [2.75, 3.05) is 0 Å². The molecule has 3 heterocycles. The summed E-state index contributed by atoms with van der Waals surface area (Å²) in [5.41, 5.74) is 1.63. The van der Waals surface area contributed by atoms with Crippen molar-refractivity contribution in [3.05, 3.63) is 51.4 Å². The van der Waals surface area contributed by atoms with Crippen LogP contribution in [0.1, 0.15) is 10.7 Å². The highest BCUT2D eigenvalue weighted by atomic mass is 32.2. The summed E-state index contributed by atoms with van der Waals surface area (Å²) in [6.07, 6.45) is 0. The average Bonchev–Trinajstić information content (AvgIpc) is 3.23. The zero-order chi connectivity index (χ0) is 15.8. The fraction of sp³-hybridized carbons (Fsp3) is 0.143. The summed E-state index contributed by atoms with van der Waals surface area (Å²) in [5.74, 6) is 0.641. The van der Waals surface area contributed by atoms with Crippen LogP contribution in [0.25, 0.3) is 15.3 Å². The summed E-state index contributed by atoms with van der Waals surface area (Å²) in [7, 11) is 0. The van der Waals surface area contributed by atoms with E-state index in [0.29, 0.717) is 10.9 Å². The first-order chi connectivity index (χ1) is 11.2. The Labute approximate surface area is 143 Å². The Kier molecular flexibility index (Phi) is 3.76. The van der Waals surface area contributed by atoms with Gasteiger partial charge in [0.15, 0.2) is 4.34 Å². The molecule has 1 aromatic carbocycles. The van der Waals surface area contributed by atoms with E-state index in [9.17, 15) is 4.79 Å². The van der Waals surface area contributed by atoms with Crippen molar-refractivity contribution in [1.82, 2.24) is 25.0 Å². The molecule has 6 nitrogen and oxygen atoms in total. The number of nitrogens with zero attached hydrogens (tertiary/aromatic N) is 4. The number of rotatable bonds is 4. The first kappa shape index (κ1) is 14.6. The van der Waals surface area contributed by atoms with Crippen LogP contribution in [0, 0.1) is 6.92 Å². The lowest BCUT2D eigenvalue weighted by atomic mass is 10.3. The number of aromatic nitrogens is 5. The molecule has 0 aliphatic carbocycles. The molecule has 116 valence electrons. The molecule has 4 rings (SSSR count). The molecule has 0 spiro atoms. The van der Waals surface area contributed by atoms with Gasteiger partial charge in [0.2, 0.25) is 5.13 Å². The van der Waals surface area contributed by atoms with E-state index in [1.807, 2.05) is 31.2 Å². The number of aromatic amines is 1. The normalized spacial score (nSPS) is 11.3. The third kappa shape index (κ3) is 2.94. The summed E-state index contributed by atoms with van der Waals surface area (Å²) in [4.78, 5) is 16.7. The molecule has 0 atom stereocenters. The van der Waals surface area contributed by atoms with Crippen molar-refractivity contribution < 1.29 is 0 Å². The van der Waals surface area contributed by atoms with Gasteiger partial charge in [0, 0.05) is 17.5 Å². The van der Waals surface area contributed by atoms with Gasteiger partial charge in [0.1, 0.15) is 5.01 Å². The van der Waals surface area contributed by atoms with Gasteiger partial charge in [-0.25, -0.2) is 4.98 Å². The molecule has 3 aromatic heterocycles. The van der Waals surface area contributed by atoms with E-state index in [1.165, 1.54) is 16.0 Å². The minimum absolute atomic E-state index is 0.104. The molecule has 0 bridgehead atoms. The van der Waals surface area contributed by atoms with Gasteiger partial charge in [-0.2, -0.15) is 4.68 Å². The number of fused-ring (bicyclic) bond motifs is 1. The Bertz CT molecular complexity index is 995. The van der Waals surface area contributed by atoms with Crippen LogP contribution in [0.2, 0.25) is 0 Å². The van der Waals surface area contributed by atoms with Crippen LogP contribution in [-0.2, 0) is 5.75 Å². The van der Waals surface area contributed by atoms with Crippen LogP contribution in [-0.4, -0.2) is 25.0 Å². The molecule has 0 saturated carbocycles. The maximum absolute atomic E-state index is 12.2. The second kappa shape index (κ2) is 5.91. The van der Waals surface area contributed by atoms with Crippen LogP contribution in [0.4, 0.5) is 0 Å². The highest BCUT2D eigenvalue weighted by molar-refractivity contribution is 8.00. The monoisotopic (exact) mass is 361 g/mol. The number of aryl methyl sites for hydroxylation is 1. The molecular formula is C14H11N5OS3. The third-order valence-corrected chi connectivity index (χ3v) is 6.15. The SMILES string of the molecule is Cc1nnc(SCc2cc(=O)n(-c3nc4ccccc4s3)[nH]2)s1. The number of thioether (sulfide) groups is 1. The third-order valence-electron chi connectivity index (χ3n) is 3.11. The van der Waals surface area contributed by atoms with Gasteiger partial charge in [-0.15, -0.1) is 10.2 Å². The molecule has 9 heteroatoms. The lowest BCUT2D eigenvalue weighted by molar-refractivity contribution is 0.827. The quantitative estimate of drug-likeness (QED) is 0.565. The number of hydrogen-bond acceptors (Lipinski definition) is 7. The van der Waals surface area contributed by atoms with Crippen molar-refractivity contribution in [3.8, 4) is 5.13 Å². The first-order valence-electron chi connectivity index (χ1n) is 6.79. The van der Waals surface area contributed by atoms with E-state index in [2.05, 4.69) is 20.3 Å². The van der Waals surface area contributed by atoms with Gasteiger partial charge in [0.05, 0.1) is 10.2 Å². The fourth-order valence-electron chi connectivity index (χ4n) is 2.09. The van der Waals surface area contributed by atoms with Gasteiger partial charge >= 0.3 is 0 Å². The minimum atomic E-state index is -0.104. The molecule has 0 radical (unpaired) electrons. The van der Waals surface area contributed by atoms with Crippen molar-refractivity contribution in [3.63, 3.8) is 0 Å². The number of thiazole rings is 1. The fourth-order valence-corrected chi connectivity index (χ4v) is 4.74. The average molecular weight is 361 g/mol. The molecular weight excluding hydrogens is 350 g/mol. The van der Waals surface area contributed by atoms with Crippen LogP contribution in [0.5, 0.6) is 0 Å². The summed E-state index contributed by atoms with van der Waals surface area (Å²) in [6, 6.07) is 9.45. The van der Waals surface area contributed by atoms with Crippen molar-refractivity contribution in [2.24, 2.45) is 0 Å². The van der Waals surface area contributed by atoms with Crippen LogP contribution in [0.3, 0.4) is 0 Å². The van der Waals surface area contributed by atoms with E-state index in [0.717, 1.165) is 25.3 Å². The second-order valence-electron chi connectivity index (χ2n) is 4.79. The van der Waals surface area contributed by atoms with E-state index in [1.54, 1.807) is 29.2 Å². The topological polar surface area (TPSA) is 76.5 Å². The van der Waals surface area contributed by atoms with E-state index < -0.39 is 0 Å². The Hall–Kier alpha value is -1.97. The minimum Gasteiger partial charge on any atom is -0.292 e. The van der Waals surface area contributed by atoms with Crippen molar-refractivity contribution >= 4 is 44.7 Å². The summed E-state index contributed by atoms with van der Waals surface area (Å²) in [6.45, 7) is 1.92. The lowest BCUT2D eigenvalue weighted by Gasteiger charge is -1.96. The zero-order valence-corrected chi connectivity index (χ0v) is 14.5. The van der Waals surface area contributed by atoms with E-state index >= 15 is 0 Å². The molecule has 4 aromatic rings. The number of H-pyrrole nitrogens is 1. The molecule has 0 fully saturated rings. The van der Waals surface area contributed by atoms with E-state index in [4.69, 9.17) is 0 Å². The highest BCUT2D eigenvalue weighted by Crippen LogP contribution is 2.26. The largest absolute Gasteiger partial charge is 0.292 e. The predicted molar refractivity (Wildman–Crippen MR) is 93.8 cm³/mol. The van der Waals surface area contributed by atoms with Crippen molar-refractivity contribution in [1.29, 1.82) is 0 Å². The maximum atomic E-state index is 12.2. The molecule has 23 heavy (non-hydrogen) atoms. The van der Waals surface area contributed by atoms with Gasteiger partial charge < -0.3 is 0 Å². The first-order valence-corrected chi connectivity index (χ1v) is 9.41. The van der Waals surface area contributed by atoms with Crippen LogP contribution < -0.4 is 5.56 Å². The summed E-state index contributed by atoms with van der Waals surface area (Å²) < 4.78 is 3.45. The van der Waals surface area contributed by atoms with Crippen LogP contribution in [0.15, 0.2) is 39.5 Å². The Morgan fingerprint density at radius 2 is 2.13 bits per heavy atom. The standard InChI is InChI=1S/C14H11N5OS3/c1-8-16-17-14(22-8)21-7-9-6-12(20)19(18-9)13-15-10-4-2-3-5-11(10)23-13/h2-6,18H,7H2,1H3. The molecule has 0 unspecified atom stereocenters. The molecule has 0 aliphatic heterocycles. The predicted octanol–water partition coefficient (Wildman–Crippen LogP) is 3.23. The van der Waals surface area contributed by atoms with Gasteiger partial charge in [-0.3, -0.25) is 9.89 Å². The summed E-state index contributed by atoms with van der Waals surface area (Å²) >= 11 is 4.60. The lowest BCUT2D eigenvalue weighted by Crippen LogP contribution is -2.12. The molecule has 0 aliphatic rings. The van der Waals surface area contributed by atoms with Gasteiger partial charge in [-0.05, 0) is 19.1 Å². The Morgan fingerprint density at radius 1 is 1.26 bits per heavy atom.